The second-order valence-electron chi connectivity index (χ2n) is 12.2. The molecule has 1 aliphatic heterocycles. The topological polar surface area (TPSA) is 109 Å². The zero-order chi connectivity index (χ0) is 30.1. The Bertz CT molecular complexity index is 1540. The van der Waals surface area contributed by atoms with Crippen LogP contribution in [0, 0.1) is 17.8 Å². The van der Waals surface area contributed by atoms with Crippen LogP contribution in [0.3, 0.4) is 0 Å². The lowest BCUT2D eigenvalue weighted by molar-refractivity contribution is -0.131. The number of ether oxygens (including phenoxy) is 1. The molecule has 2 heterocycles. The molecule has 5 atom stereocenters. The van der Waals surface area contributed by atoms with Gasteiger partial charge in [0.15, 0.2) is 5.78 Å². The summed E-state index contributed by atoms with van der Waals surface area (Å²) in [7, 11) is 0. The van der Waals surface area contributed by atoms with Gasteiger partial charge in [-0.15, -0.1) is 0 Å². The molecule has 3 aromatic rings. The Kier molecular flexibility index (Phi) is 8.57. The third-order valence-corrected chi connectivity index (χ3v) is 9.92. The second kappa shape index (κ2) is 12.5. The summed E-state index contributed by atoms with van der Waals surface area (Å²) < 4.78 is 6.10. The van der Waals surface area contributed by atoms with Crippen LogP contribution in [0.2, 0.25) is 5.02 Å². The number of Topliss-reactive ketones (excluding diaryl/α,β-unsaturated/α-hetero) is 2. The maximum atomic E-state index is 14.1. The third kappa shape index (κ3) is 5.94. The molecule has 0 bridgehead atoms. The number of likely N-dealkylation sites (tertiary alicyclic amines) is 1. The van der Waals surface area contributed by atoms with Crippen molar-refractivity contribution in [3.8, 4) is 5.75 Å². The molecule has 6 rings (SSSR count). The van der Waals surface area contributed by atoms with Crippen LogP contribution in [0.15, 0.2) is 48.5 Å². The van der Waals surface area contributed by atoms with Gasteiger partial charge in [-0.2, -0.15) is 0 Å². The van der Waals surface area contributed by atoms with Crippen molar-refractivity contribution in [3.05, 3.63) is 64.8 Å². The molecule has 2 N–H and O–H groups in total. The molecule has 8 nitrogen and oxygen atoms in total. The smallest absolute Gasteiger partial charge is 0.271 e. The van der Waals surface area contributed by atoms with Crippen molar-refractivity contribution < 1.29 is 23.9 Å². The lowest BCUT2D eigenvalue weighted by Gasteiger charge is -2.29. The molecule has 2 amide bonds. The number of ketones is 2. The quantitative estimate of drug-likeness (QED) is 0.302. The molecular weight excluding hydrogens is 566 g/mol. The minimum atomic E-state index is -0.724. The largest absolute Gasteiger partial charge is 0.487 e. The standard InChI is InChI=1S/C34H38ClN3O5/c1-2-28(39)26(16-21-10-7-13-29(21)40)37-33(41)32-23-12-6-11-22(23)18-38(32)34(42)27-17-24-25(35)14-15-30(31(24)36-27)43-19-20-8-4-3-5-9-20/h3-5,8-9,14-15,17,21-23,26,32,36H,2,6-7,10-13,16,18-19H2,1H3,(H,37,41). The zero-order valence-corrected chi connectivity index (χ0v) is 25.2. The summed E-state index contributed by atoms with van der Waals surface area (Å²) in [6.45, 7) is 2.62. The molecule has 43 heavy (non-hydrogen) atoms. The van der Waals surface area contributed by atoms with Crippen molar-refractivity contribution >= 4 is 45.9 Å². The fourth-order valence-corrected chi connectivity index (χ4v) is 7.54. The van der Waals surface area contributed by atoms with E-state index in [1.165, 1.54) is 0 Å². The summed E-state index contributed by atoms with van der Waals surface area (Å²) in [4.78, 5) is 58.2. The molecule has 0 radical (unpaired) electrons. The number of halogens is 1. The Hall–Kier alpha value is -3.65. The SMILES string of the molecule is CCC(=O)C(CC1CCCC1=O)NC(=O)C1C2CCCC2CN1C(=O)c1cc2c(Cl)ccc(OCc3ccccc3)c2[nH]1. The normalized spacial score (nSPS) is 23.9. The predicted octanol–water partition coefficient (Wildman–Crippen LogP) is 5.86. The molecule has 2 aliphatic carbocycles. The number of fused-ring (bicyclic) bond motifs is 2. The van der Waals surface area contributed by atoms with E-state index in [2.05, 4.69) is 10.3 Å². The average Bonchev–Trinajstić information content (AvgIpc) is 3.81. The molecular formula is C34H38ClN3O5. The minimum Gasteiger partial charge on any atom is -0.487 e. The number of nitrogens with one attached hydrogen (secondary N) is 2. The average molecular weight is 604 g/mol. The van der Waals surface area contributed by atoms with Crippen molar-refractivity contribution in [2.75, 3.05) is 6.54 Å². The van der Waals surface area contributed by atoms with Gasteiger partial charge in [-0.3, -0.25) is 19.2 Å². The first-order valence-electron chi connectivity index (χ1n) is 15.5. The molecule has 0 spiro atoms. The number of carbonyl (C=O) groups excluding carboxylic acids is 4. The fourth-order valence-electron chi connectivity index (χ4n) is 7.33. The molecule has 1 saturated heterocycles. The van der Waals surface area contributed by atoms with E-state index in [0.29, 0.717) is 53.4 Å². The number of aromatic nitrogens is 1. The Morgan fingerprint density at radius 1 is 1.09 bits per heavy atom. The Balaban J connectivity index is 1.24. The van der Waals surface area contributed by atoms with E-state index in [1.807, 2.05) is 30.3 Å². The summed E-state index contributed by atoms with van der Waals surface area (Å²) in [6, 6.07) is 13.7. The molecule has 2 aromatic carbocycles. The van der Waals surface area contributed by atoms with Crippen molar-refractivity contribution in [3.63, 3.8) is 0 Å². The van der Waals surface area contributed by atoms with E-state index in [-0.39, 0.29) is 47.6 Å². The molecule has 5 unspecified atom stereocenters. The number of nitrogens with zero attached hydrogens (tertiary/aromatic N) is 1. The first-order chi connectivity index (χ1) is 20.8. The van der Waals surface area contributed by atoms with Crippen LogP contribution < -0.4 is 10.1 Å². The third-order valence-electron chi connectivity index (χ3n) is 9.59. The zero-order valence-electron chi connectivity index (χ0n) is 24.4. The Morgan fingerprint density at radius 3 is 2.65 bits per heavy atom. The molecule has 226 valence electrons. The Labute approximate surface area is 256 Å². The number of amides is 2. The van der Waals surface area contributed by atoms with Crippen LogP contribution in [0.1, 0.15) is 74.3 Å². The van der Waals surface area contributed by atoms with Crippen LogP contribution in [0.25, 0.3) is 10.9 Å². The highest BCUT2D eigenvalue weighted by Crippen LogP contribution is 2.43. The highest BCUT2D eigenvalue weighted by molar-refractivity contribution is 6.35. The summed E-state index contributed by atoms with van der Waals surface area (Å²) >= 11 is 6.54. The van der Waals surface area contributed by atoms with Crippen molar-refractivity contribution in [2.24, 2.45) is 17.8 Å². The van der Waals surface area contributed by atoms with Crippen LogP contribution >= 0.6 is 11.6 Å². The van der Waals surface area contributed by atoms with Gasteiger partial charge in [0, 0.05) is 30.7 Å². The van der Waals surface area contributed by atoms with E-state index >= 15 is 0 Å². The van der Waals surface area contributed by atoms with Gasteiger partial charge in [0.2, 0.25) is 5.91 Å². The van der Waals surface area contributed by atoms with E-state index in [9.17, 15) is 19.2 Å². The first kappa shape index (κ1) is 29.4. The van der Waals surface area contributed by atoms with Gasteiger partial charge < -0.3 is 19.9 Å². The summed E-state index contributed by atoms with van der Waals surface area (Å²) in [6.07, 6.45) is 5.55. The van der Waals surface area contributed by atoms with Gasteiger partial charge in [0.1, 0.15) is 29.9 Å². The molecule has 2 saturated carbocycles. The lowest BCUT2D eigenvalue weighted by atomic mass is 9.91. The number of benzene rings is 2. The number of hydrogen-bond acceptors (Lipinski definition) is 5. The monoisotopic (exact) mass is 603 g/mol. The lowest BCUT2D eigenvalue weighted by Crippen LogP contribution is -2.53. The maximum absolute atomic E-state index is 14.1. The van der Waals surface area contributed by atoms with E-state index in [1.54, 1.807) is 30.0 Å². The van der Waals surface area contributed by atoms with Crippen LogP contribution in [0.4, 0.5) is 0 Å². The number of rotatable bonds is 10. The van der Waals surface area contributed by atoms with E-state index < -0.39 is 12.1 Å². The molecule has 9 heteroatoms. The number of aromatic amines is 1. The second-order valence-corrected chi connectivity index (χ2v) is 12.6. The summed E-state index contributed by atoms with van der Waals surface area (Å²) in [5, 5.41) is 4.16. The highest BCUT2D eigenvalue weighted by Gasteiger charge is 2.50. The minimum absolute atomic E-state index is 0.0344. The van der Waals surface area contributed by atoms with E-state index in [0.717, 1.165) is 37.7 Å². The number of carbonyl (C=O) groups is 4. The first-order valence-corrected chi connectivity index (χ1v) is 15.9. The van der Waals surface area contributed by atoms with Gasteiger partial charge in [0.25, 0.3) is 5.91 Å². The van der Waals surface area contributed by atoms with Crippen molar-refractivity contribution in [1.82, 2.24) is 15.2 Å². The highest BCUT2D eigenvalue weighted by atomic mass is 35.5. The van der Waals surface area contributed by atoms with Gasteiger partial charge in [-0.05, 0) is 67.7 Å². The summed E-state index contributed by atoms with van der Waals surface area (Å²) in [5.74, 6) is 0.150. The van der Waals surface area contributed by atoms with Crippen LogP contribution in [-0.2, 0) is 21.0 Å². The van der Waals surface area contributed by atoms with Crippen LogP contribution in [0.5, 0.6) is 5.75 Å². The Morgan fingerprint density at radius 2 is 1.91 bits per heavy atom. The van der Waals surface area contributed by atoms with Gasteiger partial charge in [-0.1, -0.05) is 55.3 Å². The van der Waals surface area contributed by atoms with Crippen molar-refractivity contribution in [2.45, 2.75) is 77.0 Å². The number of H-pyrrole nitrogens is 1. The molecule has 3 aliphatic rings. The molecule has 3 fully saturated rings. The molecule has 1 aromatic heterocycles. The van der Waals surface area contributed by atoms with Gasteiger partial charge in [-0.25, -0.2) is 0 Å². The fraction of sp³-hybridized carbons (Fsp3) is 0.471. The van der Waals surface area contributed by atoms with E-state index in [4.69, 9.17) is 16.3 Å². The van der Waals surface area contributed by atoms with Gasteiger partial charge in [0.05, 0.1) is 16.6 Å². The number of hydrogen-bond donors (Lipinski definition) is 2. The van der Waals surface area contributed by atoms with Gasteiger partial charge >= 0.3 is 0 Å². The maximum Gasteiger partial charge on any atom is 0.271 e. The van der Waals surface area contributed by atoms with Crippen LogP contribution in [-0.4, -0.2) is 51.9 Å². The van der Waals surface area contributed by atoms with Crippen molar-refractivity contribution in [1.29, 1.82) is 0 Å². The predicted molar refractivity (Wildman–Crippen MR) is 164 cm³/mol. The summed E-state index contributed by atoms with van der Waals surface area (Å²) in [5.41, 5.74) is 1.98.